The summed E-state index contributed by atoms with van der Waals surface area (Å²) in [6.07, 6.45) is 1.64. The smallest absolute Gasteiger partial charge is 0.233 e. The van der Waals surface area contributed by atoms with Crippen molar-refractivity contribution >= 4 is 51.4 Å². The minimum Gasteiger partial charge on any atom is -0.467 e. The molecule has 0 atom stereocenters. The van der Waals surface area contributed by atoms with Crippen LogP contribution < -0.4 is 10.2 Å². The molecule has 1 aliphatic rings. The van der Waals surface area contributed by atoms with E-state index in [1.54, 1.807) is 6.26 Å². The lowest BCUT2D eigenvalue weighted by atomic mass is 10.2. The number of hydrogen-bond donors (Lipinski definition) is 1. The van der Waals surface area contributed by atoms with Gasteiger partial charge in [-0.05, 0) is 30.3 Å². The molecular weight excluding hydrogens is 430 g/mol. The number of aromatic nitrogens is 2. The number of thioether (sulfide) groups is 1. The summed E-state index contributed by atoms with van der Waals surface area (Å²) >= 11 is 8.94. The largest absolute Gasteiger partial charge is 0.467 e. The quantitative estimate of drug-likeness (QED) is 0.549. The molecule has 1 fully saturated rings. The van der Waals surface area contributed by atoms with E-state index in [4.69, 9.17) is 16.0 Å². The number of furan rings is 1. The molecule has 2 aromatic heterocycles. The first kappa shape index (κ1) is 20.1. The number of rotatable bonds is 7. The molecule has 4 rings (SSSR count). The molecule has 1 aliphatic heterocycles. The molecule has 3 heterocycles. The van der Waals surface area contributed by atoms with Crippen LogP contribution in [0.25, 0.3) is 0 Å². The Labute approximate surface area is 182 Å². The second-order valence-corrected chi connectivity index (χ2v) is 9.08. The number of nitrogens with zero attached hydrogens (tertiary/aromatic N) is 4. The number of amides is 1. The van der Waals surface area contributed by atoms with Gasteiger partial charge in [-0.3, -0.25) is 4.79 Å². The zero-order chi connectivity index (χ0) is 20.1. The van der Waals surface area contributed by atoms with Crippen LogP contribution in [0.4, 0.5) is 10.8 Å². The number of nitrogens with one attached hydrogen (secondary N) is 1. The lowest BCUT2D eigenvalue weighted by Gasteiger charge is -2.36. The van der Waals surface area contributed by atoms with Crippen LogP contribution in [-0.4, -0.2) is 52.9 Å². The third kappa shape index (κ3) is 5.43. The lowest BCUT2D eigenvalue weighted by molar-refractivity contribution is -0.128. The molecule has 7 nitrogen and oxygen atoms in total. The minimum atomic E-state index is 0.126. The standard InChI is InChI=1S/C19H20ClN5O2S2/c20-14-3-1-4-15(11-14)24-6-8-25(9-7-24)17(26)13-28-19-23-22-18(29-19)21-12-16-5-2-10-27-16/h1-5,10-11H,6-9,12-13H2,(H,21,22). The Morgan fingerprint density at radius 1 is 1.21 bits per heavy atom. The maximum absolute atomic E-state index is 12.6. The molecule has 0 radical (unpaired) electrons. The molecule has 10 heteroatoms. The first-order chi connectivity index (χ1) is 14.2. The predicted octanol–water partition coefficient (Wildman–Crippen LogP) is 3.84. The third-order valence-electron chi connectivity index (χ3n) is 4.53. The van der Waals surface area contributed by atoms with Crippen molar-refractivity contribution in [3.8, 4) is 0 Å². The summed E-state index contributed by atoms with van der Waals surface area (Å²) in [6, 6.07) is 11.6. The maximum atomic E-state index is 12.6. The van der Waals surface area contributed by atoms with Crippen molar-refractivity contribution < 1.29 is 9.21 Å². The summed E-state index contributed by atoms with van der Waals surface area (Å²) in [4.78, 5) is 16.7. The van der Waals surface area contributed by atoms with Gasteiger partial charge in [0.2, 0.25) is 11.0 Å². The first-order valence-electron chi connectivity index (χ1n) is 9.18. The van der Waals surface area contributed by atoms with Crippen LogP contribution >= 0.6 is 34.7 Å². The van der Waals surface area contributed by atoms with Gasteiger partial charge in [-0.2, -0.15) is 0 Å². The fourth-order valence-corrected chi connectivity index (χ4v) is 4.85. The van der Waals surface area contributed by atoms with Gasteiger partial charge in [0.1, 0.15) is 5.76 Å². The second-order valence-electron chi connectivity index (χ2n) is 6.44. The lowest BCUT2D eigenvalue weighted by Crippen LogP contribution is -2.49. The van der Waals surface area contributed by atoms with E-state index in [1.165, 1.54) is 23.1 Å². The zero-order valence-corrected chi connectivity index (χ0v) is 18.0. The van der Waals surface area contributed by atoms with E-state index < -0.39 is 0 Å². The Balaban J connectivity index is 1.21. The molecule has 1 aromatic carbocycles. The molecule has 3 aromatic rings. The average Bonchev–Trinajstić information content (AvgIpc) is 3.42. The number of piperazine rings is 1. The van der Waals surface area contributed by atoms with Crippen molar-refractivity contribution in [2.24, 2.45) is 0 Å². The fraction of sp³-hybridized carbons (Fsp3) is 0.316. The summed E-state index contributed by atoms with van der Waals surface area (Å²) in [5, 5.41) is 12.9. The van der Waals surface area contributed by atoms with E-state index in [0.717, 1.165) is 33.9 Å². The van der Waals surface area contributed by atoms with Gasteiger partial charge in [-0.25, -0.2) is 0 Å². The van der Waals surface area contributed by atoms with E-state index in [0.29, 0.717) is 30.5 Å². The van der Waals surface area contributed by atoms with Gasteiger partial charge >= 0.3 is 0 Å². The monoisotopic (exact) mass is 449 g/mol. The second kappa shape index (κ2) is 9.51. The number of carbonyl (C=O) groups is 1. The summed E-state index contributed by atoms with van der Waals surface area (Å²) in [7, 11) is 0. The molecule has 0 unspecified atom stereocenters. The van der Waals surface area contributed by atoms with Crippen molar-refractivity contribution in [3.05, 3.63) is 53.4 Å². The predicted molar refractivity (Wildman–Crippen MR) is 117 cm³/mol. The minimum absolute atomic E-state index is 0.126. The Bertz CT molecular complexity index is 942. The van der Waals surface area contributed by atoms with Crippen molar-refractivity contribution in [1.82, 2.24) is 15.1 Å². The summed E-state index contributed by atoms with van der Waals surface area (Å²) < 4.78 is 6.05. The average molecular weight is 450 g/mol. The highest BCUT2D eigenvalue weighted by molar-refractivity contribution is 8.01. The van der Waals surface area contributed by atoms with Gasteiger partial charge in [0, 0.05) is 36.9 Å². The van der Waals surface area contributed by atoms with Gasteiger partial charge in [0.15, 0.2) is 4.34 Å². The van der Waals surface area contributed by atoms with Crippen molar-refractivity contribution in [1.29, 1.82) is 0 Å². The van der Waals surface area contributed by atoms with Gasteiger partial charge < -0.3 is 19.5 Å². The van der Waals surface area contributed by atoms with Crippen molar-refractivity contribution in [3.63, 3.8) is 0 Å². The van der Waals surface area contributed by atoms with Crippen molar-refractivity contribution in [2.45, 2.75) is 10.9 Å². The van der Waals surface area contributed by atoms with Crippen LogP contribution in [0.2, 0.25) is 5.02 Å². The Morgan fingerprint density at radius 3 is 2.83 bits per heavy atom. The number of benzene rings is 1. The Kier molecular flexibility index (Phi) is 6.58. The number of hydrogen-bond acceptors (Lipinski definition) is 8. The molecule has 1 N–H and O–H groups in total. The molecule has 0 spiro atoms. The Morgan fingerprint density at radius 2 is 2.07 bits per heavy atom. The molecule has 1 saturated heterocycles. The van der Waals surface area contributed by atoms with Gasteiger partial charge in [-0.15, -0.1) is 10.2 Å². The molecule has 0 saturated carbocycles. The molecule has 0 bridgehead atoms. The molecule has 1 amide bonds. The number of halogens is 1. The van der Waals surface area contributed by atoms with Gasteiger partial charge in [0.25, 0.3) is 0 Å². The molecular formula is C19H20ClN5O2S2. The maximum Gasteiger partial charge on any atom is 0.233 e. The highest BCUT2D eigenvalue weighted by Crippen LogP contribution is 2.26. The van der Waals surface area contributed by atoms with E-state index in [2.05, 4.69) is 20.4 Å². The zero-order valence-electron chi connectivity index (χ0n) is 15.6. The van der Waals surface area contributed by atoms with Crippen LogP contribution in [0, 0.1) is 0 Å². The highest BCUT2D eigenvalue weighted by atomic mass is 35.5. The van der Waals surface area contributed by atoms with Gasteiger partial charge in [0.05, 0.1) is 18.6 Å². The van der Waals surface area contributed by atoms with Gasteiger partial charge in [-0.1, -0.05) is 40.8 Å². The topological polar surface area (TPSA) is 74.5 Å². The van der Waals surface area contributed by atoms with E-state index >= 15 is 0 Å². The van der Waals surface area contributed by atoms with E-state index in [9.17, 15) is 4.79 Å². The van der Waals surface area contributed by atoms with Crippen LogP contribution in [0.3, 0.4) is 0 Å². The van der Waals surface area contributed by atoms with E-state index in [-0.39, 0.29) is 5.91 Å². The summed E-state index contributed by atoms with van der Waals surface area (Å²) in [6.45, 7) is 3.57. The molecule has 152 valence electrons. The van der Waals surface area contributed by atoms with E-state index in [1.807, 2.05) is 41.3 Å². The normalized spacial score (nSPS) is 14.2. The molecule has 0 aliphatic carbocycles. The fourth-order valence-electron chi connectivity index (χ4n) is 3.02. The van der Waals surface area contributed by atoms with Crippen molar-refractivity contribution in [2.75, 3.05) is 42.1 Å². The number of anilines is 2. The summed E-state index contributed by atoms with van der Waals surface area (Å²) in [5.41, 5.74) is 1.10. The van der Waals surface area contributed by atoms with Crippen LogP contribution in [0.1, 0.15) is 5.76 Å². The van der Waals surface area contributed by atoms with Crippen LogP contribution in [0.5, 0.6) is 0 Å². The third-order valence-corrected chi connectivity index (χ3v) is 6.76. The molecule has 29 heavy (non-hydrogen) atoms. The Hall–Kier alpha value is -2.23. The van der Waals surface area contributed by atoms with Crippen LogP contribution in [0.15, 0.2) is 51.4 Å². The highest BCUT2D eigenvalue weighted by Gasteiger charge is 2.22. The summed E-state index contributed by atoms with van der Waals surface area (Å²) in [5.74, 6) is 1.33. The first-order valence-corrected chi connectivity index (χ1v) is 11.4. The SMILES string of the molecule is O=C(CSc1nnc(NCc2ccco2)s1)N1CCN(c2cccc(Cl)c2)CC1. The number of carbonyl (C=O) groups excluding carboxylic acids is 1. The van der Waals surface area contributed by atoms with Crippen LogP contribution in [-0.2, 0) is 11.3 Å².